The highest BCUT2D eigenvalue weighted by Gasteiger charge is 2.21. The highest BCUT2D eigenvalue weighted by atomic mass is 16.6. The maximum absolute atomic E-state index is 13.3. The first-order valence-electron chi connectivity index (χ1n) is 13.2. The minimum atomic E-state index is -0.548. The van der Waals surface area contributed by atoms with Gasteiger partial charge in [-0.3, -0.25) is 4.79 Å². The lowest BCUT2D eigenvalue weighted by atomic mass is 10.0. The van der Waals surface area contributed by atoms with Crippen LogP contribution >= 0.6 is 0 Å². The quantitative estimate of drug-likeness (QED) is 0.0902. The van der Waals surface area contributed by atoms with Gasteiger partial charge in [-0.1, -0.05) is 48.5 Å². The Kier molecular flexibility index (Phi) is 8.48. The predicted octanol–water partition coefficient (Wildman–Crippen LogP) is 6.23. The van der Waals surface area contributed by atoms with E-state index in [0.29, 0.717) is 46.2 Å². The molecule has 1 amide bonds. The van der Waals surface area contributed by atoms with Gasteiger partial charge in [-0.2, -0.15) is 5.10 Å². The molecule has 4 aromatic carbocycles. The lowest BCUT2D eigenvalue weighted by Crippen LogP contribution is -2.19. The maximum atomic E-state index is 13.3. The van der Waals surface area contributed by atoms with Gasteiger partial charge in [-0.05, 0) is 60.5 Å². The molecule has 0 radical (unpaired) electrons. The lowest BCUT2D eigenvalue weighted by Gasteiger charge is -2.11. The number of fused-ring (bicyclic) bond motifs is 1. The molecule has 0 saturated heterocycles. The zero-order valence-electron chi connectivity index (χ0n) is 23.3. The summed E-state index contributed by atoms with van der Waals surface area (Å²) in [6.45, 7) is 2.18. The number of benzene rings is 4. The van der Waals surface area contributed by atoms with Gasteiger partial charge in [-0.25, -0.2) is 10.2 Å². The molecule has 0 saturated carbocycles. The van der Waals surface area contributed by atoms with Crippen LogP contribution in [0.1, 0.15) is 33.3 Å². The number of ether oxygens (including phenoxy) is 4. The number of esters is 1. The SMILES string of the molecule is CCOc1cc(C=NNC(=O)c2[nH]c3c(OC)cccc3c2-c2ccccc2)ccc1OC(=O)c1cccc(OC)c1. The zero-order chi connectivity index (χ0) is 29.5. The standard InChI is InChI=1S/C33H29N3O6/c1-4-41-28-18-21(16-17-26(28)42-33(38)23-12-8-13-24(19-23)39-2)20-34-36-32(37)31-29(22-10-6-5-7-11-22)25-14-9-15-27(40-3)30(25)35-31/h5-20,35H,4H2,1-3H3,(H,36,37). The number of carbonyl (C=O) groups excluding carboxylic acids is 2. The third-order valence-electron chi connectivity index (χ3n) is 6.46. The summed E-state index contributed by atoms with van der Waals surface area (Å²) in [5, 5.41) is 5.03. The molecule has 0 aliphatic rings. The molecule has 1 aromatic heterocycles. The van der Waals surface area contributed by atoms with E-state index >= 15 is 0 Å². The van der Waals surface area contributed by atoms with Crippen molar-refractivity contribution in [1.82, 2.24) is 10.4 Å². The zero-order valence-corrected chi connectivity index (χ0v) is 23.3. The van der Waals surface area contributed by atoms with E-state index in [4.69, 9.17) is 18.9 Å². The van der Waals surface area contributed by atoms with Gasteiger partial charge in [-0.15, -0.1) is 0 Å². The van der Waals surface area contributed by atoms with Gasteiger partial charge < -0.3 is 23.9 Å². The first-order chi connectivity index (χ1) is 20.5. The molecule has 0 aliphatic heterocycles. The number of hydrogen-bond donors (Lipinski definition) is 2. The third kappa shape index (κ3) is 5.95. The van der Waals surface area contributed by atoms with Crippen molar-refractivity contribution in [3.63, 3.8) is 0 Å². The predicted molar refractivity (Wildman–Crippen MR) is 161 cm³/mol. The minimum absolute atomic E-state index is 0.255. The number of carbonyl (C=O) groups is 2. The van der Waals surface area contributed by atoms with Gasteiger partial charge in [0.05, 0.1) is 38.1 Å². The summed E-state index contributed by atoms with van der Waals surface area (Å²) in [7, 11) is 3.11. The third-order valence-corrected chi connectivity index (χ3v) is 6.46. The van der Waals surface area contributed by atoms with Crippen LogP contribution in [0.3, 0.4) is 0 Å². The molecule has 0 spiro atoms. The van der Waals surface area contributed by atoms with Gasteiger partial charge in [0.15, 0.2) is 11.5 Å². The lowest BCUT2D eigenvalue weighted by molar-refractivity contribution is 0.0727. The molecule has 9 nitrogen and oxygen atoms in total. The monoisotopic (exact) mass is 563 g/mol. The number of amides is 1. The van der Waals surface area contributed by atoms with E-state index in [0.717, 1.165) is 16.5 Å². The van der Waals surface area contributed by atoms with Crippen molar-refractivity contribution in [3.05, 3.63) is 108 Å². The number of aromatic nitrogens is 1. The molecule has 5 rings (SSSR count). The number of para-hydroxylation sites is 1. The summed E-state index contributed by atoms with van der Waals surface area (Å²) in [6, 6.07) is 27.0. The molecule has 0 atom stereocenters. The molecule has 0 fully saturated rings. The molecule has 0 bridgehead atoms. The number of nitrogens with zero attached hydrogens (tertiary/aromatic N) is 1. The Bertz CT molecular complexity index is 1760. The fourth-order valence-electron chi connectivity index (χ4n) is 4.52. The molecule has 2 N–H and O–H groups in total. The highest BCUT2D eigenvalue weighted by molar-refractivity contribution is 6.11. The Morgan fingerprint density at radius 1 is 0.857 bits per heavy atom. The number of rotatable bonds is 10. The van der Waals surface area contributed by atoms with Crippen molar-refractivity contribution in [1.29, 1.82) is 0 Å². The van der Waals surface area contributed by atoms with E-state index < -0.39 is 11.9 Å². The summed E-state index contributed by atoms with van der Waals surface area (Å²) in [5.74, 6) is 0.821. The fraction of sp³-hybridized carbons (Fsp3) is 0.121. The van der Waals surface area contributed by atoms with E-state index in [1.807, 2.05) is 55.5 Å². The van der Waals surface area contributed by atoms with Gasteiger partial charge in [0.2, 0.25) is 0 Å². The van der Waals surface area contributed by atoms with Crippen LogP contribution in [0.5, 0.6) is 23.0 Å². The molecular weight excluding hydrogens is 534 g/mol. The Labute approximate surface area is 242 Å². The average Bonchev–Trinajstić information content (AvgIpc) is 3.43. The number of aromatic amines is 1. The van der Waals surface area contributed by atoms with Crippen molar-refractivity contribution in [2.75, 3.05) is 20.8 Å². The molecule has 0 aliphatic carbocycles. The van der Waals surface area contributed by atoms with E-state index in [9.17, 15) is 9.59 Å². The van der Waals surface area contributed by atoms with Crippen LogP contribution in [0, 0.1) is 0 Å². The molecule has 42 heavy (non-hydrogen) atoms. The van der Waals surface area contributed by atoms with Gasteiger partial charge >= 0.3 is 5.97 Å². The van der Waals surface area contributed by atoms with E-state index in [-0.39, 0.29) is 5.75 Å². The molecule has 0 unspecified atom stereocenters. The Balaban J connectivity index is 1.37. The average molecular weight is 564 g/mol. The molecule has 5 aromatic rings. The topological polar surface area (TPSA) is 111 Å². The molecular formula is C33H29N3O6. The first kappa shape index (κ1) is 28.0. The highest BCUT2D eigenvalue weighted by Crippen LogP contribution is 2.36. The van der Waals surface area contributed by atoms with Crippen LogP contribution in [0.15, 0.2) is 96.1 Å². The summed E-state index contributed by atoms with van der Waals surface area (Å²) in [6.07, 6.45) is 1.49. The number of methoxy groups -OCH3 is 2. The van der Waals surface area contributed by atoms with Crippen LogP contribution in [0.4, 0.5) is 0 Å². The van der Waals surface area contributed by atoms with Crippen molar-refractivity contribution >= 4 is 29.0 Å². The summed E-state index contributed by atoms with van der Waals surface area (Å²) < 4.78 is 22.0. The van der Waals surface area contributed by atoms with E-state index in [1.54, 1.807) is 49.6 Å². The number of H-pyrrole nitrogens is 1. The molecule has 1 heterocycles. The summed E-state index contributed by atoms with van der Waals surface area (Å²) in [5.41, 5.74) is 6.28. The van der Waals surface area contributed by atoms with Gasteiger partial charge in [0.1, 0.15) is 17.2 Å². The van der Waals surface area contributed by atoms with Crippen LogP contribution in [-0.4, -0.2) is 43.9 Å². The number of nitrogens with one attached hydrogen (secondary N) is 2. The van der Waals surface area contributed by atoms with Crippen molar-refractivity contribution in [2.24, 2.45) is 5.10 Å². The Hall–Kier alpha value is -5.57. The second-order valence-corrected chi connectivity index (χ2v) is 9.08. The second kappa shape index (κ2) is 12.7. The first-order valence-corrected chi connectivity index (χ1v) is 13.2. The van der Waals surface area contributed by atoms with Gasteiger partial charge in [0, 0.05) is 10.9 Å². The normalized spacial score (nSPS) is 10.9. The van der Waals surface area contributed by atoms with Crippen molar-refractivity contribution in [2.45, 2.75) is 6.92 Å². The Morgan fingerprint density at radius 3 is 2.43 bits per heavy atom. The van der Waals surface area contributed by atoms with Crippen LogP contribution < -0.4 is 24.4 Å². The summed E-state index contributed by atoms with van der Waals surface area (Å²) >= 11 is 0. The van der Waals surface area contributed by atoms with Crippen molar-refractivity contribution in [3.8, 4) is 34.1 Å². The summed E-state index contributed by atoms with van der Waals surface area (Å²) in [4.78, 5) is 29.3. The van der Waals surface area contributed by atoms with Crippen LogP contribution in [0.25, 0.3) is 22.0 Å². The van der Waals surface area contributed by atoms with Crippen LogP contribution in [-0.2, 0) is 0 Å². The molecule has 212 valence electrons. The second-order valence-electron chi connectivity index (χ2n) is 9.08. The molecule has 9 heteroatoms. The Morgan fingerprint density at radius 2 is 1.67 bits per heavy atom. The fourth-order valence-corrected chi connectivity index (χ4v) is 4.52. The minimum Gasteiger partial charge on any atom is -0.497 e. The van der Waals surface area contributed by atoms with E-state index in [2.05, 4.69) is 15.5 Å². The number of hydrogen-bond acceptors (Lipinski definition) is 7. The number of hydrazone groups is 1. The smallest absolute Gasteiger partial charge is 0.343 e. The van der Waals surface area contributed by atoms with E-state index in [1.165, 1.54) is 13.3 Å². The maximum Gasteiger partial charge on any atom is 0.343 e. The van der Waals surface area contributed by atoms with Crippen LogP contribution in [0.2, 0.25) is 0 Å². The van der Waals surface area contributed by atoms with Gasteiger partial charge in [0.25, 0.3) is 5.91 Å². The largest absolute Gasteiger partial charge is 0.497 e. The van der Waals surface area contributed by atoms with Crippen molar-refractivity contribution < 1.29 is 28.5 Å².